The second-order valence-corrected chi connectivity index (χ2v) is 6.69. The number of benzene rings is 2. The molecule has 0 aliphatic heterocycles. The molecule has 0 amide bonds. The molecule has 0 spiro atoms. The summed E-state index contributed by atoms with van der Waals surface area (Å²) < 4.78 is 6.52. The van der Waals surface area contributed by atoms with Crippen LogP contribution < -0.4 is 0 Å². The van der Waals surface area contributed by atoms with Crippen LogP contribution in [0.3, 0.4) is 0 Å². The Hall–Kier alpha value is -1.36. The number of phenolic OH excluding ortho intramolecular Hbond substituents is 1. The van der Waals surface area contributed by atoms with E-state index in [1.54, 1.807) is 12.1 Å². The van der Waals surface area contributed by atoms with Crippen LogP contribution in [-0.2, 0) is 11.3 Å². The van der Waals surface area contributed by atoms with E-state index >= 15 is 0 Å². The number of aromatic hydroxyl groups is 1. The van der Waals surface area contributed by atoms with Gasteiger partial charge in [-0.15, -0.1) is 0 Å². The molecule has 0 heterocycles. The van der Waals surface area contributed by atoms with Gasteiger partial charge in [0.05, 0.1) is 18.3 Å². The first-order valence-corrected chi connectivity index (χ1v) is 8.21. The Morgan fingerprint density at radius 1 is 1.05 bits per heavy atom. The molecule has 0 saturated heterocycles. The standard InChI is InChI=1S/C15H10I2O5/c16-11-4-8(5-12(17)13(11)18)7-22-15(21)10-3-1-2-9(6-10)14(19)20/h1-6,18H,7H2,(H,19,20). The van der Waals surface area contributed by atoms with Crippen molar-refractivity contribution in [1.82, 2.24) is 0 Å². The lowest BCUT2D eigenvalue weighted by molar-refractivity contribution is 0.0472. The molecule has 0 fully saturated rings. The smallest absolute Gasteiger partial charge is 0.338 e. The molecule has 0 bridgehead atoms. The fourth-order valence-electron chi connectivity index (χ4n) is 1.71. The number of carboxylic acids is 1. The summed E-state index contributed by atoms with van der Waals surface area (Å²) >= 11 is 3.99. The number of carboxylic acid groups (broad SMARTS) is 1. The van der Waals surface area contributed by atoms with E-state index in [1.807, 2.05) is 45.2 Å². The highest BCUT2D eigenvalue weighted by molar-refractivity contribution is 14.1. The van der Waals surface area contributed by atoms with E-state index in [4.69, 9.17) is 9.84 Å². The predicted octanol–water partition coefficient (Wildman–Crippen LogP) is 3.66. The van der Waals surface area contributed by atoms with Gasteiger partial charge < -0.3 is 14.9 Å². The first-order valence-electron chi connectivity index (χ1n) is 6.06. The molecule has 0 saturated carbocycles. The molecule has 2 rings (SSSR count). The van der Waals surface area contributed by atoms with Crippen molar-refractivity contribution in [3.63, 3.8) is 0 Å². The van der Waals surface area contributed by atoms with E-state index in [1.165, 1.54) is 24.3 Å². The molecule has 5 nitrogen and oxygen atoms in total. The number of ether oxygens (including phenoxy) is 1. The van der Waals surface area contributed by atoms with Gasteiger partial charge in [0, 0.05) is 0 Å². The highest BCUT2D eigenvalue weighted by Crippen LogP contribution is 2.27. The van der Waals surface area contributed by atoms with E-state index < -0.39 is 11.9 Å². The number of aromatic carboxylic acids is 1. The van der Waals surface area contributed by atoms with E-state index in [0.29, 0.717) is 7.14 Å². The third-order valence-electron chi connectivity index (χ3n) is 2.79. The lowest BCUT2D eigenvalue weighted by atomic mass is 10.1. The summed E-state index contributed by atoms with van der Waals surface area (Å²) in [5, 5.41) is 18.6. The van der Waals surface area contributed by atoms with Gasteiger partial charge in [-0.3, -0.25) is 0 Å². The van der Waals surface area contributed by atoms with Crippen molar-refractivity contribution in [2.24, 2.45) is 0 Å². The van der Waals surface area contributed by atoms with Crippen LogP contribution in [0.15, 0.2) is 36.4 Å². The van der Waals surface area contributed by atoms with Crippen LogP contribution in [0.1, 0.15) is 26.3 Å². The minimum atomic E-state index is -1.10. The maximum Gasteiger partial charge on any atom is 0.338 e. The Kier molecular flexibility index (Phi) is 5.62. The Morgan fingerprint density at radius 3 is 2.23 bits per heavy atom. The van der Waals surface area contributed by atoms with Gasteiger partial charge in [-0.05, 0) is 81.1 Å². The molecule has 0 unspecified atom stereocenters. The van der Waals surface area contributed by atoms with Crippen LogP contribution in [-0.4, -0.2) is 22.2 Å². The van der Waals surface area contributed by atoms with Crippen LogP contribution in [0.5, 0.6) is 5.75 Å². The zero-order valence-electron chi connectivity index (χ0n) is 11.0. The third kappa shape index (κ3) is 4.09. The van der Waals surface area contributed by atoms with Crippen LogP contribution in [0.25, 0.3) is 0 Å². The molecule has 7 heteroatoms. The normalized spacial score (nSPS) is 10.3. The summed E-state index contributed by atoms with van der Waals surface area (Å²) in [6.45, 7) is 0.0441. The van der Waals surface area contributed by atoms with Crippen molar-refractivity contribution in [3.05, 3.63) is 60.2 Å². The minimum absolute atomic E-state index is 0.0307. The van der Waals surface area contributed by atoms with E-state index in [-0.39, 0.29) is 23.5 Å². The van der Waals surface area contributed by atoms with Gasteiger partial charge in [0.25, 0.3) is 0 Å². The molecule has 0 aliphatic carbocycles. The van der Waals surface area contributed by atoms with Gasteiger partial charge >= 0.3 is 11.9 Å². The number of hydrogen-bond acceptors (Lipinski definition) is 4. The number of carbonyl (C=O) groups excluding carboxylic acids is 1. The van der Waals surface area contributed by atoms with E-state index in [2.05, 4.69) is 0 Å². The van der Waals surface area contributed by atoms with Gasteiger partial charge in [-0.1, -0.05) is 6.07 Å². The first kappa shape index (κ1) is 17.0. The Balaban J connectivity index is 2.10. The molecule has 0 aromatic heterocycles. The topological polar surface area (TPSA) is 83.8 Å². The van der Waals surface area contributed by atoms with E-state index in [9.17, 15) is 14.7 Å². The quantitative estimate of drug-likeness (QED) is 0.472. The molecule has 0 aliphatic rings. The van der Waals surface area contributed by atoms with Crippen molar-refractivity contribution in [3.8, 4) is 5.75 Å². The van der Waals surface area contributed by atoms with Crippen molar-refractivity contribution in [1.29, 1.82) is 0 Å². The highest BCUT2D eigenvalue weighted by Gasteiger charge is 2.12. The zero-order chi connectivity index (χ0) is 16.3. The fraction of sp³-hybridized carbons (Fsp3) is 0.0667. The third-order valence-corrected chi connectivity index (χ3v) is 4.44. The maximum absolute atomic E-state index is 12.0. The monoisotopic (exact) mass is 524 g/mol. The van der Waals surface area contributed by atoms with Gasteiger partial charge in [0.1, 0.15) is 12.4 Å². The van der Waals surface area contributed by atoms with Crippen LogP contribution >= 0.6 is 45.2 Å². The molecule has 22 heavy (non-hydrogen) atoms. The average molecular weight is 524 g/mol. The zero-order valence-corrected chi connectivity index (χ0v) is 15.4. The van der Waals surface area contributed by atoms with E-state index in [0.717, 1.165) is 5.56 Å². The van der Waals surface area contributed by atoms with Crippen LogP contribution in [0, 0.1) is 7.14 Å². The first-order chi connectivity index (χ1) is 10.4. The summed E-state index contributed by atoms with van der Waals surface area (Å²) in [5.41, 5.74) is 0.959. The molecule has 0 radical (unpaired) electrons. The Morgan fingerprint density at radius 2 is 1.64 bits per heavy atom. The fourth-order valence-corrected chi connectivity index (χ4v) is 3.61. The number of halogens is 2. The van der Waals surface area contributed by atoms with Crippen molar-refractivity contribution in [2.45, 2.75) is 6.61 Å². The van der Waals surface area contributed by atoms with Gasteiger partial charge in [0.15, 0.2) is 0 Å². The number of carbonyl (C=O) groups is 2. The molecule has 2 aromatic rings. The number of phenols is 1. The number of hydrogen-bond donors (Lipinski definition) is 2. The molecule has 0 atom stereocenters. The number of esters is 1. The Labute approximate surface area is 153 Å². The average Bonchev–Trinajstić information content (AvgIpc) is 2.50. The van der Waals surface area contributed by atoms with Crippen molar-refractivity contribution in [2.75, 3.05) is 0 Å². The second kappa shape index (κ2) is 7.27. The second-order valence-electron chi connectivity index (χ2n) is 4.37. The Bertz CT molecular complexity index is 719. The lowest BCUT2D eigenvalue weighted by Gasteiger charge is -2.08. The lowest BCUT2D eigenvalue weighted by Crippen LogP contribution is -2.07. The van der Waals surface area contributed by atoms with Crippen LogP contribution in [0.4, 0.5) is 0 Å². The van der Waals surface area contributed by atoms with Gasteiger partial charge in [-0.25, -0.2) is 9.59 Å². The summed E-state index contributed by atoms with van der Waals surface area (Å²) in [4.78, 5) is 22.8. The van der Waals surface area contributed by atoms with Crippen LogP contribution in [0.2, 0.25) is 0 Å². The summed E-state index contributed by atoms with van der Waals surface area (Å²) in [6, 6.07) is 9.11. The van der Waals surface area contributed by atoms with Crippen molar-refractivity contribution >= 4 is 57.1 Å². The molecular weight excluding hydrogens is 514 g/mol. The molecular formula is C15H10I2O5. The largest absolute Gasteiger partial charge is 0.506 e. The highest BCUT2D eigenvalue weighted by atomic mass is 127. The summed E-state index contributed by atoms with van der Waals surface area (Å²) in [7, 11) is 0. The molecule has 2 aromatic carbocycles. The molecule has 2 N–H and O–H groups in total. The maximum atomic E-state index is 12.0. The summed E-state index contributed by atoms with van der Waals surface area (Å²) in [6.07, 6.45) is 0. The minimum Gasteiger partial charge on any atom is -0.506 e. The van der Waals surface area contributed by atoms with Crippen molar-refractivity contribution < 1.29 is 24.5 Å². The van der Waals surface area contributed by atoms with Gasteiger partial charge in [0.2, 0.25) is 0 Å². The molecule has 114 valence electrons. The summed E-state index contributed by atoms with van der Waals surface area (Å²) in [5.74, 6) is -1.50. The number of rotatable bonds is 4. The predicted molar refractivity (Wildman–Crippen MR) is 96.1 cm³/mol. The van der Waals surface area contributed by atoms with Gasteiger partial charge in [-0.2, -0.15) is 0 Å². The SMILES string of the molecule is O=C(O)c1cccc(C(=O)OCc2cc(I)c(O)c(I)c2)c1.